The number of rotatable bonds is 3. The molecule has 0 saturated carbocycles. The van der Waals surface area contributed by atoms with Crippen molar-refractivity contribution < 1.29 is 14.3 Å². The standard InChI is InChI=1S/C18H22N2O3S/c1-22-14-8-7-13(11-15(14)23-2)12-16-17(21)19-18(24-16)20-9-5-3-4-6-10-20/h7-8,11-12H,3-6,9-10H2,1-2H3. The maximum Gasteiger partial charge on any atom is 0.286 e. The van der Waals surface area contributed by atoms with E-state index in [4.69, 9.17) is 9.47 Å². The summed E-state index contributed by atoms with van der Waals surface area (Å²) in [7, 11) is 3.21. The first-order valence-electron chi connectivity index (χ1n) is 8.21. The quantitative estimate of drug-likeness (QED) is 0.784. The van der Waals surface area contributed by atoms with E-state index in [-0.39, 0.29) is 5.91 Å². The number of carbonyl (C=O) groups excluding carboxylic acids is 1. The number of benzene rings is 1. The van der Waals surface area contributed by atoms with Crippen LogP contribution in [0.25, 0.3) is 6.08 Å². The number of nitrogens with zero attached hydrogens (tertiary/aromatic N) is 2. The molecule has 5 nitrogen and oxygen atoms in total. The SMILES string of the molecule is COc1ccc(C=C2SC(N3CCCCCC3)=NC2=O)cc1OC. The van der Waals surface area contributed by atoms with Gasteiger partial charge in [-0.25, -0.2) is 0 Å². The molecule has 1 saturated heterocycles. The van der Waals surface area contributed by atoms with Gasteiger partial charge in [-0.2, -0.15) is 4.99 Å². The van der Waals surface area contributed by atoms with Gasteiger partial charge in [0.25, 0.3) is 5.91 Å². The number of amidine groups is 1. The molecular formula is C18H22N2O3S. The van der Waals surface area contributed by atoms with E-state index in [9.17, 15) is 4.79 Å². The van der Waals surface area contributed by atoms with Crippen LogP contribution < -0.4 is 9.47 Å². The van der Waals surface area contributed by atoms with Crippen molar-refractivity contribution in [1.29, 1.82) is 0 Å². The summed E-state index contributed by atoms with van der Waals surface area (Å²) in [5, 5.41) is 0.841. The third kappa shape index (κ3) is 3.75. The molecule has 0 N–H and O–H groups in total. The lowest BCUT2D eigenvalue weighted by Crippen LogP contribution is -2.28. The molecule has 0 atom stereocenters. The molecule has 24 heavy (non-hydrogen) atoms. The van der Waals surface area contributed by atoms with Gasteiger partial charge in [0, 0.05) is 13.1 Å². The maximum atomic E-state index is 12.2. The molecule has 1 aromatic rings. The number of methoxy groups -OCH3 is 2. The van der Waals surface area contributed by atoms with Gasteiger partial charge < -0.3 is 14.4 Å². The minimum absolute atomic E-state index is 0.158. The molecule has 2 aliphatic rings. The number of amides is 1. The third-order valence-corrected chi connectivity index (χ3v) is 5.24. The van der Waals surface area contributed by atoms with Crippen LogP contribution in [-0.2, 0) is 4.79 Å². The van der Waals surface area contributed by atoms with Gasteiger partial charge in [0.1, 0.15) is 0 Å². The van der Waals surface area contributed by atoms with Crippen LogP contribution in [0, 0.1) is 0 Å². The zero-order valence-electron chi connectivity index (χ0n) is 14.1. The number of likely N-dealkylation sites (tertiary alicyclic amines) is 1. The molecule has 1 aromatic carbocycles. The van der Waals surface area contributed by atoms with Gasteiger partial charge >= 0.3 is 0 Å². The van der Waals surface area contributed by atoms with E-state index in [0.29, 0.717) is 16.4 Å². The Hall–Kier alpha value is -1.95. The molecule has 1 fully saturated rings. The molecule has 0 bridgehead atoms. The van der Waals surface area contributed by atoms with E-state index in [2.05, 4.69) is 9.89 Å². The molecule has 128 valence electrons. The average molecular weight is 346 g/mol. The van der Waals surface area contributed by atoms with Crippen LogP contribution in [0.4, 0.5) is 0 Å². The lowest BCUT2D eigenvalue weighted by Gasteiger charge is -2.20. The number of aliphatic imine (C=N–C) groups is 1. The van der Waals surface area contributed by atoms with Crippen molar-refractivity contribution in [2.45, 2.75) is 25.7 Å². The second-order valence-electron chi connectivity index (χ2n) is 5.83. The summed E-state index contributed by atoms with van der Waals surface area (Å²) < 4.78 is 10.6. The normalized spacial score (nSPS) is 20.1. The Morgan fingerprint density at radius 1 is 1.08 bits per heavy atom. The molecule has 1 amide bonds. The van der Waals surface area contributed by atoms with Crippen molar-refractivity contribution in [3.63, 3.8) is 0 Å². The molecule has 0 aliphatic carbocycles. The molecule has 0 radical (unpaired) electrons. The van der Waals surface area contributed by atoms with Crippen LogP contribution >= 0.6 is 11.8 Å². The Bertz CT molecular complexity index is 677. The van der Waals surface area contributed by atoms with Gasteiger partial charge in [0.05, 0.1) is 19.1 Å². The summed E-state index contributed by atoms with van der Waals surface area (Å²) in [6.45, 7) is 1.98. The van der Waals surface area contributed by atoms with Crippen molar-refractivity contribution in [2.24, 2.45) is 4.99 Å². The van der Waals surface area contributed by atoms with Gasteiger partial charge in [-0.3, -0.25) is 4.79 Å². The monoisotopic (exact) mass is 346 g/mol. The fourth-order valence-electron chi connectivity index (χ4n) is 2.89. The van der Waals surface area contributed by atoms with Gasteiger partial charge in [0.15, 0.2) is 16.7 Å². The molecule has 6 heteroatoms. The third-order valence-electron chi connectivity index (χ3n) is 4.19. The van der Waals surface area contributed by atoms with E-state index < -0.39 is 0 Å². The number of carbonyl (C=O) groups is 1. The van der Waals surface area contributed by atoms with E-state index >= 15 is 0 Å². The van der Waals surface area contributed by atoms with Crippen molar-refractivity contribution in [3.8, 4) is 11.5 Å². The number of thioether (sulfide) groups is 1. The minimum Gasteiger partial charge on any atom is -0.493 e. The second-order valence-corrected chi connectivity index (χ2v) is 6.83. The highest BCUT2D eigenvalue weighted by atomic mass is 32.2. The highest BCUT2D eigenvalue weighted by molar-refractivity contribution is 8.18. The summed E-state index contributed by atoms with van der Waals surface area (Å²) in [6, 6.07) is 5.61. The highest BCUT2D eigenvalue weighted by Crippen LogP contribution is 2.33. The lowest BCUT2D eigenvalue weighted by atomic mass is 10.2. The summed E-state index contributed by atoms with van der Waals surface area (Å²) in [5.41, 5.74) is 0.899. The first-order valence-corrected chi connectivity index (χ1v) is 9.02. The molecule has 0 unspecified atom stereocenters. The van der Waals surface area contributed by atoms with Crippen molar-refractivity contribution in [2.75, 3.05) is 27.3 Å². The number of ether oxygens (including phenoxy) is 2. The Kier molecular flexibility index (Phi) is 5.45. The number of hydrogen-bond donors (Lipinski definition) is 0. The number of hydrogen-bond acceptors (Lipinski definition) is 5. The largest absolute Gasteiger partial charge is 0.493 e. The molecule has 2 heterocycles. The van der Waals surface area contributed by atoms with Gasteiger partial charge in [-0.05, 0) is 48.4 Å². The van der Waals surface area contributed by atoms with Crippen molar-refractivity contribution in [3.05, 3.63) is 28.7 Å². The Morgan fingerprint density at radius 2 is 1.79 bits per heavy atom. The predicted octanol–water partition coefficient (Wildman–Crippen LogP) is 3.55. The van der Waals surface area contributed by atoms with E-state index in [1.54, 1.807) is 14.2 Å². The topological polar surface area (TPSA) is 51.1 Å². The summed E-state index contributed by atoms with van der Waals surface area (Å²) in [6.07, 6.45) is 6.72. The van der Waals surface area contributed by atoms with Crippen molar-refractivity contribution >= 4 is 28.9 Å². The second kappa shape index (κ2) is 7.75. The summed E-state index contributed by atoms with van der Waals surface area (Å²) >= 11 is 1.47. The van der Waals surface area contributed by atoms with E-state index in [1.165, 1.54) is 37.4 Å². The van der Waals surface area contributed by atoms with Crippen LogP contribution in [0.3, 0.4) is 0 Å². The Balaban J connectivity index is 1.76. The smallest absolute Gasteiger partial charge is 0.286 e. The maximum absolute atomic E-state index is 12.2. The highest BCUT2D eigenvalue weighted by Gasteiger charge is 2.26. The molecule has 2 aliphatic heterocycles. The molecule has 0 aromatic heterocycles. The Morgan fingerprint density at radius 3 is 2.46 bits per heavy atom. The van der Waals surface area contributed by atoms with Crippen LogP contribution in [0.2, 0.25) is 0 Å². The van der Waals surface area contributed by atoms with E-state index in [0.717, 1.165) is 23.8 Å². The van der Waals surface area contributed by atoms with Gasteiger partial charge in [0.2, 0.25) is 0 Å². The summed E-state index contributed by atoms with van der Waals surface area (Å²) in [4.78, 5) is 19.4. The fourth-order valence-corrected chi connectivity index (χ4v) is 3.85. The predicted molar refractivity (Wildman–Crippen MR) is 97.6 cm³/mol. The van der Waals surface area contributed by atoms with Crippen molar-refractivity contribution in [1.82, 2.24) is 4.90 Å². The van der Waals surface area contributed by atoms with Crippen LogP contribution in [0.5, 0.6) is 11.5 Å². The Labute approximate surface area is 146 Å². The first kappa shape index (κ1) is 16.9. The van der Waals surface area contributed by atoms with E-state index in [1.807, 2.05) is 24.3 Å². The first-order chi connectivity index (χ1) is 11.7. The summed E-state index contributed by atoms with van der Waals surface area (Å²) in [5.74, 6) is 1.16. The molecule has 0 spiro atoms. The zero-order chi connectivity index (χ0) is 16.9. The van der Waals surface area contributed by atoms with Crippen LogP contribution in [-0.4, -0.2) is 43.3 Å². The van der Waals surface area contributed by atoms with Crippen LogP contribution in [0.1, 0.15) is 31.2 Å². The van der Waals surface area contributed by atoms with Gasteiger partial charge in [-0.1, -0.05) is 18.9 Å². The zero-order valence-corrected chi connectivity index (χ0v) is 14.9. The van der Waals surface area contributed by atoms with Gasteiger partial charge in [-0.15, -0.1) is 0 Å². The minimum atomic E-state index is -0.158. The molecule has 3 rings (SSSR count). The fraction of sp³-hybridized carbons (Fsp3) is 0.444. The van der Waals surface area contributed by atoms with Crippen LogP contribution in [0.15, 0.2) is 28.1 Å². The lowest BCUT2D eigenvalue weighted by molar-refractivity contribution is -0.113. The average Bonchev–Trinajstić information content (AvgIpc) is 2.81. The molecular weight excluding hydrogens is 324 g/mol.